The monoisotopic (exact) mass is 262 g/mol. The molecule has 0 bridgehead atoms. The van der Waals surface area contributed by atoms with Crippen LogP contribution >= 0.6 is 44.9 Å². The maximum atomic E-state index is 2.91. The van der Waals surface area contributed by atoms with Gasteiger partial charge in [0.2, 0.25) is 0 Å². The molecule has 76 valence electrons. The second-order valence-electron chi connectivity index (χ2n) is 2.76. The minimum atomic E-state index is 0.432. The Balaban J connectivity index is 0. The molecular formula is C7H23P5. The molecular weight excluding hydrogens is 239 g/mol. The van der Waals surface area contributed by atoms with Crippen molar-refractivity contribution in [3.63, 3.8) is 0 Å². The molecule has 0 N–H and O–H groups in total. The fourth-order valence-electron chi connectivity index (χ4n) is 0.449. The molecule has 0 aliphatic carbocycles. The van der Waals surface area contributed by atoms with Crippen LogP contribution in [0.15, 0.2) is 0 Å². The molecule has 5 heteroatoms. The van der Waals surface area contributed by atoms with Gasteiger partial charge in [-0.05, 0) is 12.1 Å². The number of rotatable bonds is 3. The third-order valence-electron chi connectivity index (χ3n) is 0.880. The highest BCUT2D eigenvalue weighted by Crippen LogP contribution is 2.58. The van der Waals surface area contributed by atoms with Gasteiger partial charge in [0.1, 0.15) is 0 Å². The van der Waals surface area contributed by atoms with Crippen LogP contribution < -0.4 is 0 Å². The van der Waals surface area contributed by atoms with E-state index in [4.69, 9.17) is 0 Å². The van der Waals surface area contributed by atoms with Gasteiger partial charge >= 0.3 is 0 Å². The van der Waals surface area contributed by atoms with E-state index in [0.29, 0.717) is 4.38 Å². The van der Waals surface area contributed by atoms with Crippen molar-refractivity contribution in [2.75, 3.05) is 6.66 Å². The molecule has 0 saturated heterocycles. The van der Waals surface area contributed by atoms with Crippen molar-refractivity contribution in [1.82, 2.24) is 0 Å². The Hall–Kier alpha value is 2.15. The average Bonchev–Trinajstić information content (AvgIpc) is 1.87. The van der Waals surface area contributed by atoms with Gasteiger partial charge in [0.25, 0.3) is 0 Å². The molecule has 0 spiro atoms. The Morgan fingerprint density at radius 3 is 1.75 bits per heavy atom. The zero-order valence-electron chi connectivity index (χ0n) is 8.52. The largest absolute Gasteiger partial charge is 0.130 e. The number of hydrogen-bond acceptors (Lipinski definition) is 0. The van der Waals surface area contributed by atoms with Crippen LogP contribution in [0.3, 0.4) is 0 Å². The Labute approximate surface area is 88.8 Å². The van der Waals surface area contributed by atoms with E-state index in [1.807, 2.05) is 0 Å². The lowest BCUT2D eigenvalue weighted by atomic mass is 10.6. The van der Waals surface area contributed by atoms with Gasteiger partial charge in [0, 0.05) is 4.38 Å². The molecule has 0 rings (SSSR count). The van der Waals surface area contributed by atoms with E-state index in [9.17, 15) is 0 Å². The normalized spacial score (nSPS) is 15.2. The van der Waals surface area contributed by atoms with Gasteiger partial charge in [0.05, 0.1) is 0 Å². The molecule has 0 aromatic rings. The molecule has 0 aliphatic heterocycles. The van der Waals surface area contributed by atoms with Crippen LogP contribution in [-0.2, 0) is 0 Å². The van der Waals surface area contributed by atoms with Crippen molar-refractivity contribution in [2.24, 2.45) is 0 Å². The lowest BCUT2D eigenvalue weighted by Crippen LogP contribution is -1.95. The second-order valence-corrected chi connectivity index (χ2v) is 13.1. The van der Waals surface area contributed by atoms with Gasteiger partial charge in [-0.3, -0.25) is 0 Å². The van der Waals surface area contributed by atoms with E-state index >= 15 is 0 Å². The predicted octanol–water partition coefficient (Wildman–Crippen LogP) is 3.97. The van der Waals surface area contributed by atoms with Gasteiger partial charge in [-0.15, -0.1) is 36.3 Å². The van der Waals surface area contributed by atoms with Crippen molar-refractivity contribution in [1.29, 1.82) is 0 Å². The van der Waals surface area contributed by atoms with Gasteiger partial charge in [-0.1, -0.05) is 35.8 Å². The minimum absolute atomic E-state index is 0.432. The van der Waals surface area contributed by atoms with Crippen LogP contribution in [0.1, 0.15) is 27.2 Å². The van der Waals surface area contributed by atoms with E-state index in [-0.39, 0.29) is 0 Å². The first kappa shape index (κ1) is 16.6. The van der Waals surface area contributed by atoms with Crippen molar-refractivity contribution < 1.29 is 0 Å². The van der Waals surface area contributed by atoms with Gasteiger partial charge < -0.3 is 0 Å². The first-order valence-corrected chi connectivity index (χ1v) is 8.59. The summed E-state index contributed by atoms with van der Waals surface area (Å²) in [5.74, 6) is 0. The Morgan fingerprint density at radius 1 is 1.33 bits per heavy atom. The lowest BCUT2D eigenvalue weighted by molar-refractivity contribution is 1.09. The van der Waals surface area contributed by atoms with Crippen LogP contribution in [0.4, 0.5) is 0 Å². The summed E-state index contributed by atoms with van der Waals surface area (Å²) in [7, 11) is 10.7. The molecule has 0 aromatic heterocycles. The summed E-state index contributed by atoms with van der Waals surface area (Å²) in [5.41, 5.74) is 0. The zero-order chi connectivity index (χ0) is 10.2. The predicted molar refractivity (Wildman–Crippen MR) is 79.8 cm³/mol. The summed E-state index contributed by atoms with van der Waals surface area (Å²) in [6.07, 6.45) is 1.25. The van der Waals surface area contributed by atoms with Gasteiger partial charge in [-0.25, -0.2) is 0 Å². The van der Waals surface area contributed by atoms with E-state index in [1.165, 1.54) is 6.42 Å². The quantitative estimate of drug-likeness (QED) is 0.675. The average molecular weight is 262 g/mol. The minimum Gasteiger partial charge on any atom is -0.130 e. The maximum absolute atomic E-state index is 2.91. The highest BCUT2D eigenvalue weighted by Gasteiger charge is 2.16. The molecule has 0 aliphatic rings. The molecule has 0 nitrogen and oxygen atoms in total. The Kier molecular flexibility index (Phi) is 13.4. The molecule has 6 atom stereocenters. The van der Waals surface area contributed by atoms with E-state index in [1.54, 1.807) is 0 Å². The zero-order valence-corrected chi connectivity index (χ0v) is 14.0. The fraction of sp³-hybridized carbons (Fsp3) is 1.00. The van der Waals surface area contributed by atoms with Crippen molar-refractivity contribution in [2.45, 2.75) is 37.0 Å². The molecule has 6 unspecified atom stereocenters. The summed E-state index contributed by atoms with van der Waals surface area (Å²) in [5, 5.41) is 0.757. The SMILES string of the molecule is CCC.CPC(P)(P)PC(C)P. The van der Waals surface area contributed by atoms with Crippen LogP contribution in [0, 0.1) is 0 Å². The van der Waals surface area contributed by atoms with Crippen molar-refractivity contribution >= 4 is 44.9 Å². The van der Waals surface area contributed by atoms with Crippen LogP contribution in [0.25, 0.3) is 0 Å². The molecule has 0 saturated carbocycles. The summed E-state index contributed by atoms with van der Waals surface area (Å²) in [6.45, 7) is 8.74. The molecule has 0 fully saturated rings. The van der Waals surface area contributed by atoms with E-state index in [2.05, 4.69) is 55.2 Å². The third-order valence-corrected chi connectivity index (χ3v) is 7.06. The Bertz CT molecular complexity index is 91.8. The third kappa shape index (κ3) is 14.7. The summed E-state index contributed by atoms with van der Waals surface area (Å²) >= 11 is 0. The lowest BCUT2D eigenvalue weighted by Gasteiger charge is -2.24. The highest BCUT2D eigenvalue weighted by molar-refractivity contribution is 7.84. The first-order valence-electron chi connectivity index (χ1n) is 4.19. The first-order chi connectivity index (χ1) is 5.39. The topological polar surface area (TPSA) is 0 Å². The van der Waals surface area contributed by atoms with E-state index < -0.39 is 0 Å². The summed E-state index contributed by atoms with van der Waals surface area (Å²) in [6, 6.07) is 0. The molecule has 0 aromatic carbocycles. The summed E-state index contributed by atoms with van der Waals surface area (Å²) < 4.78 is 0.432. The molecule has 0 heterocycles. The molecule has 0 amide bonds. The van der Waals surface area contributed by atoms with Gasteiger partial charge in [-0.2, -0.15) is 0 Å². The van der Waals surface area contributed by atoms with Crippen LogP contribution in [0.2, 0.25) is 0 Å². The molecule has 12 heavy (non-hydrogen) atoms. The second kappa shape index (κ2) is 9.70. The summed E-state index contributed by atoms with van der Waals surface area (Å²) in [4.78, 5) is 0. The van der Waals surface area contributed by atoms with Crippen molar-refractivity contribution in [3.05, 3.63) is 0 Å². The number of hydrogen-bond donors (Lipinski definition) is 0. The fourth-order valence-corrected chi connectivity index (χ4v) is 6.52. The van der Waals surface area contributed by atoms with Gasteiger partial charge in [0.15, 0.2) is 0 Å². The Morgan fingerprint density at radius 2 is 1.67 bits per heavy atom. The standard InChI is InChI=1S/C4H15P5.C3H8/c1-3(5)9-4(6,7)8-2;1-3-2/h3,8-9H,5-7H2,1-2H3;3H2,1-2H3. The van der Waals surface area contributed by atoms with Crippen LogP contribution in [-0.4, -0.2) is 16.4 Å². The smallest absolute Gasteiger partial charge is 0.0325 e. The van der Waals surface area contributed by atoms with E-state index in [0.717, 1.165) is 22.6 Å². The van der Waals surface area contributed by atoms with Crippen LogP contribution in [0.5, 0.6) is 0 Å². The molecule has 0 radical (unpaired) electrons. The maximum Gasteiger partial charge on any atom is 0.0325 e. The highest BCUT2D eigenvalue weighted by atomic mass is 31.2. The van der Waals surface area contributed by atoms with Crippen molar-refractivity contribution in [3.8, 4) is 0 Å².